The lowest BCUT2D eigenvalue weighted by molar-refractivity contribution is -0.139. The number of benzene rings is 1. The zero-order chi connectivity index (χ0) is 17.3. The number of likely N-dealkylation sites (N-methyl/N-ethyl adjacent to an activating group) is 1. The van der Waals surface area contributed by atoms with Crippen LogP contribution < -0.4 is 9.04 Å². The quantitative estimate of drug-likeness (QED) is 0.831. The van der Waals surface area contributed by atoms with Crippen LogP contribution in [0.1, 0.15) is 32.6 Å². The second-order valence-corrected chi connectivity index (χ2v) is 8.58. The molecule has 1 heterocycles. The van der Waals surface area contributed by atoms with E-state index in [0.717, 1.165) is 25.7 Å². The van der Waals surface area contributed by atoms with Gasteiger partial charge in [0.1, 0.15) is 5.75 Å². The van der Waals surface area contributed by atoms with Gasteiger partial charge in [0.25, 0.3) is 5.91 Å². The van der Waals surface area contributed by atoms with E-state index in [1.54, 1.807) is 43.1 Å². The van der Waals surface area contributed by atoms with Crippen molar-refractivity contribution >= 4 is 21.6 Å². The van der Waals surface area contributed by atoms with Crippen LogP contribution in [0.4, 0.5) is 5.69 Å². The Labute approximate surface area is 143 Å². The van der Waals surface area contributed by atoms with E-state index in [9.17, 15) is 13.2 Å². The molecule has 0 saturated heterocycles. The van der Waals surface area contributed by atoms with Crippen LogP contribution in [0.5, 0.6) is 5.75 Å². The standard InChI is InChI=1S/C17H24N2O4S/c1-3-24(21,22)19-12-16(23-15-11-7-6-10-14(15)19)17(20)18(2)13-8-4-5-9-13/h6-7,10-11,13,16H,3-5,8-9,12H2,1-2H3/t16-/m0/s1. The Morgan fingerprint density at radius 3 is 2.62 bits per heavy atom. The lowest BCUT2D eigenvalue weighted by atomic mass is 10.1. The zero-order valence-electron chi connectivity index (χ0n) is 14.1. The Bertz CT molecular complexity index is 713. The number of hydrogen-bond acceptors (Lipinski definition) is 4. The number of rotatable bonds is 4. The average Bonchev–Trinajstić information content (AvgIpc) is 3.14. The highest BCUT2D eigenvalue weighted by Gasteiger charge is 2.38. The van der Waals surface area contributed by atoms with Crippen LogP contribution in [0, 0.1) is 0 Å². The molecule has 2 aliphatic rings. The first kappa shape index (κ1) is 17.1. The number of nitrogens with zero attached hydrogens (tertiary/aromatic N) is 2. The van der Waals surface area contributed by atoms with E-state index in [1.165, 1.54) is 4.31 Å². The number of fused-ring (bicyclic) bond motifs is 1. The highest BCUT2D eigenvalue weighted by atomic mass is 32.2. The normalized spacial score (nSPS) is 21.2. The maximum Gasteiger partial charge on any atom is 0.265 e. The molecule has 0 N–H and O–H groups in total. The molecule has 132 valence electrons. The molecule has 1 aromatic carbocycles. The fourth-order valence-corrected chi connectivity index (χ4v) is 4.57. The van der Waals surface area contributed by atoms with E-state index in [4.69, 9.17) is 4.74 Å². The average molecular weight is 352 g/mol. The van der Waals surface area contributed by atoms with Gasteiger partial charge >= 0.3 is 0 Å². The Kier molecular flexibility index (Phi) is 4.71. The third-order valence-electron chi connectivity index (χ3n) is 4.93. The Morgan fingerprint density at radius 2 is 1.96 bits per heavy atom. The summed E-state index contributed by atoms with van der Waals surface area (Å²) in [5.41, 5.74) is 0.506. The van der Waals surface area contributed by atoms with Gasteiger partial charge in [0, 0.05) is 13.1 Å². The van der Waals surface area contributed by atoms with Gasteiger partial charge in [-0.25, -0.2) is 8.42 Å². The number of anilines is 1. The van der Waals surface area contributed by atoms with E-state index in [1.807, 2.05) is 0 Å². The maximum absolute atomic E-state index is 12.8. The summed E-state index contributed by atoms with van der Waals surface area (Å²) in [4.78, 5) is 14.6. The summed E-state index contributed by atoms with van der Waals surface area (Å²) >= 11 is 0. The van der Waals surface area contributed by atoms with Gasteiger partial charge in [-0.1, -0.05) is 25.0 Å². The molecule has 1 atom stereocenters. The van der Waals surface area contributed by atoms with Gasteiger partial charge in [0.05, 0.1) is 18.0 Å². The minimum Gasteiger partial charge on any atom is -0.476 e. The van der Waals surface area contributed by atoms with Gasteiger partial charge in [-0.15, -0.1) is 0 Å². The van der Waals surface area contributed by atoms with Crippen molar-refractivity contribution in [1.82, 2.24) is 4.90 Å². The fraction of sp³-hybridized carbons (Fsp3) is 0.588. The van der Waals surface area contributed by atoms with E-state index < -0.39 is 16.1 Å². The highest BCUT2D eigenvalue weighted by Crippen LogP contribution is 2.35. The van der Waals surface area contributed by atoms with Crippen LogP contribution in [0.3, 0.4) is 0 Å². The molecule has 1 fully saturated rings. The van der Waals surface area contributed by atoms with Crippen molar-refractivity contribution in [3.05, 3.63) is 24.3 Å². The van der Waals surface area contributed by atoms with E-state index in [2.05, 4.69) is 0 Å². The fourth-order valence-electron chi connectivity index (χ4n) is 3.45. The molecule has 1 aliphatic carbocycles. The molecule has 1 amide bonds. The minimum atomic E-state index is -3.46. The molecular weight excluding hydrogens is 328 g/mol. The molecule has 7 heteroatoms. The number of carbonyl (C=O) groups excluding carboxylic acids is 1. The molecule has 0 bridgehead atoms. The molecular formula is C17H24N2O4S. The lowest BCUT2D eigenvalue weighted by Gasteiger charge is -2.37. The van der Waals surface area contributed by atoms with Gasteiger partial charge in [-0.2, -0.15) is 0 Å². The second-order valence-electron chi connectivity index (χ2n) is 6.39. The lowest BCUT2D eigenvalue weighted by Crippen LogP contribution is -2.52. The van der Waals surface area contributed by atoms with Crippen molar-refractivity contribution in [2.45, 2.75) is 44.8 Å². The number of carbonyl (C=O) groups is 1. The first-order valence-corrected chi connectivity index (χ1v) is 10.1. The molecule has 24 heavy (non-hydrogen) atoms. The van der Waals surface area contributed by atoms with Gasteiger partial charge < -0.3 is 9.64 Å². The van der Waals surface area contributed by atoms with Crippen LogP contribution in [0.25, 0.3) is 0 Å². The van der Waals surface area contributed by atoms with Crippen molar-refractivity contribution in [2.75, 3.05) is 23.7 Å². The van der Waals surface area contributed by atoms with Crippen molar-refractivity contribution in [3.63, 3.8) is 0 Å². The summed E-state index contributed by atoms with van der Waals surface area (Å²) in [6.07, 6.45) is 3.47. The van der Waals surface area contributed by atoms with Crippen LogP contribution in [0.15, 0.2) is 24.3 Å². The number of para-hydroxylation sites is 2. The summed E-state index contributed by atoms with van der Waals surface area (Å²) in [7, 11) is -1.67. The van der Waals surface area contributed by atoms with E-state index in [0.29, 0.717) is 11.4 Å². The molecule has 1 saturated carbocycles. The predicted octanol–water partition coefficient (Wildman–Crippen LogP) is 2.00. The largest absolute Gasteiger partial charge is 0.476 e. The summed E-state index contributed by atoms with van der Waals surface area (Å²) < 4.78 is 32.1. The molecule has 0 radical (unpaired) electrons. The monoisotopic (exact) mass is 352 g/mol. The topological polar surface area (TPSA) is 66.9 Å². The van der Waals surface area contributed by atoms with E-state index in [-0.39, 0.29) is 24.2 Å². The summed E-state index contributed by atoms with van der Waals surface area (Å²) in [5.74, 6) is 0.285. The van der Waals surface area contributed by atoms with Crippen LogP contribution in [0.2, 0.25) is 0 Å². The molecule has 1 aliphatic heterocycles. The maximum atomic E-state index is 12.8. The third kappa shape index (κ3) is 3.09. The van der Waals surface area contributed by atoms with Crippen molar-refractivity contribution < 1.29 is 17.9 Å². The summed E-state index contributed by atoms with van der Waals surface area (Å²) in [6, 6.07) is 7.21. The second kappa shape index (κ2) is 6.63. The van der Waals surface area contributed by atoms with Crippen molar-refractivity contribution in [2.24, 2.45) is 0 Å². The SMILES string of the molecule is CCS(=O)(=O)N1C[C@@H](C(=O)N(C)C2CCCC2)Oc2ccccc21. The van der Waals surface area contributed by atoms with Crippen molar-refractivity contribution in [3.8, 4) is 5.75 Å². The molecule has 1 aromatic rings. The van der Waals surface area contributed by atoms with Gasteiger partial charge in [0.2, 0.25) is 10.0 Å². The smallest absolute Gasteiger partial charge is 0.265 e. The van der Waals surface area contributed by atoms with Gasteiger partial charge in [-0.05, 0) is 31.9 Å². The molecule has 3 rings (SSSR count). The van der Waals surface area contributed by atoms with E-state index >= 15 is 0 Å². The number of hydrogen-bond donors (Lipinski definition) is 0. The predicted molar refractivity (Wildman–Crippen MR) is 92.7 cm³/mol. The molecule has 6 nitrogen and oxygen atoms in total. The van der Waals surface area contributed by atoms with Crippen LogP contribution >= 0.6 is 0 Å². The molecule has 0 spiro atoms. The van der Waals surface area contributed by atoms with Crippen molar-refractivity contribution in [1.29, 1.82) is 0 Å². The van der Waals surface area contributed by atoms with Gasteiger partial charge in [-0.3, -0.25) is 9.10 Å². The summed E-state index contributed by atoms with van der Waals surface area (Å²) in [5, 5.41) is 0. The van der Waals surface area contributed by atoms with Crippen LogP contribution in [-0.4, -0.2) is 50.7 Å². The Balaban J connectivity index is 1.88. The molecule has 0 aromatic heterocycles. The van der Waals surface area contributed by atoms with Gasteiger partial charge in [0.15, 0.2) is 6.10 Å². The Morgan fingerprint density at radius 1 is 1.29 bits per heavy atom. The number of ether oxygens (including phenoxy) is 1. The molecule has 0 unspecified atom stereocenters. The minimum absolute atomic E-state index is 0.0132. The first-order chi connectivity index (χ1) is 11.4. The first-order valence-electron chi connectivity index (χ1n) is 8.47. The summed E-state index contributed by atoms with van der Waals surface area (Å²) in [6.45, 7) is 1.64. The Hall–Kier alpha value is -1.76. The third-order valence-corrected chi connectivity index (χ3v) is 6.68. The van der Waals surface area contributed by atoms with Crippen LogP contribution in [-0.2, 0) is 14.8 Å². The highest BCUT2D eigenvalue weighted by molar-refractivity contribution is 7.92. The number of sulfonamides is 1. The zero-order valence-corrected chi connectivity index (χ0v) is 15.0. The number of amides is 1.